The van der Waals surface area contributed by atoms with Crippen molar-refractivity contribution in [3.05, 3.63) is 0 Å². The molecule has 1 unspecified atom stereocenters. The lowest BCUT2D eigenvalue weighted by Crippen LogP contribution is -2.37. The highest BCUT2D eigenvalue weighted by Gasteiger charge is 2.10. The van der Waals surface area contributed by atoms with Crippen LogP contribution in [-0.2, 0) is 9.53 Å². The lowest BCUT2D eigenvalue weighted by atomic mass is 10.1. The van der Waals surface area contributed by atoms with Crippen molar-refractivity contribution in [3.63, 3.8) is 0 Å². The summed E-state index contributed by atoms with van der Waals surface area (Å²) in [5.41, 5.74) is 0. The monoisotopic (exact) mass is 360 g/mol. The molecular formula is C19H40N2O4. The summed E-state index contributed by atoms with van der Waals surface area (Å²) < 4.78 is 5.82. The molecule has 0 fully saturated rings. The van der Waals surface area contributed by atoms with Gasteiger partial charge in [0.15, 0.2) is 0 Å². The molecule has 6 heteroatoms. The van der Waals surface area contributed by atoms with Gasteiger partial charge in [0.05, 0.1) is 25.9 Å². The standard InChI is InChI=1S/C19H40N2O4/c1-3-5-6-7-8-9-10-19(24)20-17-18(4-2)25-16-13-21(11-14-22)12-15-23/h18,22-23H,3-17H2,1-2H3,(H,20,24). The van der Waals surface area contributed by atoms with E-state index in [0.717, 1.165) is 19.3 Å². The van der Waals surface area contributed by atoms with Crippen molar-refractivity contribution in [2.75, 3.05) is 46.0 Å². The number of nitrogens with one attached hydrogen (secondary N) is 1. The highest BCUT2D eigenvalue weighted by atomic mass is 16.5. The van der Waals surface area contributed by atoms with Crippen LogP contribution in [0.25, 0.3) is 0 Å². The minimum Gasteiger partial charge on any atom is -0.395 e. The number of rotatable bonds is 18. The number of carbonyl (C=O) groups is 1. The Hall–Kier alpha value is -0.690. The maximum atomic E-state index is 11.9. The minimum absolute atomic E-state index is 0.0126. The van der Waals surface area contributed by atoms with Gasteiger partial charge in [0.2, 0.25) is 5.91 Å². The van der Waals surface area contributed by atoms with Crippen molar-refractivity contribution in [3.8, 4) is 0 Å². The molecule has 3 N–H and O–H groups in total. The van der Waals surface area contributed by atoms with Crippen LogP contribution in [0, 0.1) is 0 Å². The SMILES string of the molecule is CCCCCCCCC(=O)NCC(CC)OCCN(CCO)CCO. The largest absolute Gasteiger partial charge is 0.395 e. The van der Waals surface area contributed by atoms with Gasteiger partial charge in [0.1, 0.15) is 0 Å². The fraction of sp³-hybridized carbons (Fsp3) is 0.947. The first-order chi connectivity index (χ1) is 12.2. The topological polar surface area (TPSA) is 82.0 Å². The first kappa shape index (κ1) is 24.3. The number of aliphatic hydroxyl groups is 2. The van der Waals surface area contributed by atoms with E-state index in [0.29, 0.717) is 39.2 Å². The van der Waals surface area contributed by atoms with Crippen LogP contribution in [0.3, 0.4) is 0 Å². The molecule has 0 saturated carbocycles. The molecule has 0 bridgehead atoms. The molecule has 0 saturated heterocycles. The molecule has 0 aliphatic heterocycles. The zero-order valence-corrected chi connectivity index (χ0v) is 16.3. The second-order valence-electron chi connectivity index (χ2n) is 6.51. The van der Waals surface area contributed by atoms with E-state index < -0.39 is 0 Å². The van der Waals surface area contributed by atoms with Gasteiger partial charge >= 0.3 is 0 Å². The molecule has 0 spiro atoms. The number of nitrogens with zero attached hydrogens (tertiary/aromatic N) is 1. The number of ether oxygens (including phenoxy) is 1. The fourth-order valence-corrected chi connectivity index (χ4v) is 2.67. The van der Waals surface area contributed by atoms with Crippen LogP contribution in [0.5, 0.6) is 0 Å². The Bertz CT molecular complexity index is 297. The number of hydrogen-bond acceptors (Lipinski definition) is 5. The molecule has 0 aliphatic rings. The van der Waals surface area contributed by atoms with Crippen molar-refractivity contribution in [1.82, 2.24) is 10.2 Å². The van der Waals surface area contributed by atoms with E-state index in [4.69, 9.17) is 14.9 Å². The van der Waals surface area contributed by atoms with Crippen LogP contribution in [0.15, 0.2) is 0 Å². The molecule has 1 atom stereocenters. The number of unbranched alkanes of at least 4 members (excludes halogenated alkanes) is 5. The van der Waals surface area contributed by atoms with Gasteiger partial charge in [-0.3, -0.25) is 9.69 Å². The summed E-state index contributed by atoms with van der Waals surface area (Å²) in [4.78, 5) is 13.8. The van der Waals surface area contributed by atoms with Gasteiger partial charge in [-0.25, -0.2) is 0 Å². The Kier molecular flexibility index (Phi) is 17.6. The zero-order valence-electron chi connectivity index (χ0n) is 16.3. The van der Waals surface area contributed by atoms with Crippen LogP contribution in [-0.4, -0.2) is 73.1 Å². The van der Waals surface area contributed by atoms with Crippen molar-refractivity contribution in [2.24, 2.45) is 0 Å². The number of amides is 1. The summed E-state index contributed by atoms with van der Waals surface area (Å²) in [5.74, 6) is 0.111. The summed E-state index contributed by atoms with van der Waals surface area (Å²) in [5, 5.41) is 20.9. The molecule has 0 heterocycles. The Balaban J connectivity index is 3.76. The predicted octanol–water partition coefficient (Wildman–Crippen LogP) is 1.94. The van der Waals surface area contributed by atoms with Gasteiger partial charge < -0.3 is 20.3 Å². The summed E-state index contributed by atoms with van der Waals surface area (Å²) in [6.45, 7) is 7.23. The van der Waals surface area contributed by atoms with Gasteiger partial charge in [-0.05, 0) is 12.8 Å². The summed E-state index contributed by atoms with van der Waals surface area (Å²) >= 11 is 0. The normalized spacial score (nSPS) is 12.5. The van der Waals surface area contributed by atoms with Crippen molar-refractivity contribution < 1.29 is 19.7 Å². The van der Waals surface area contributed by atoms with Crippen LogP contribution in [0.1, 0.15) is 65.2 Å². The Morgan fingerprint density at radius 3 is 2.24 bits per heavy atom. The minimum atomic E-state index is 0.0126. The third-order valence-electron chi connectivity index (χ3n) is 4.33. The van der Waals surface area contributed by atoms with Gasteiger partial charge in [-0.1, -0.05) is 46.0 Å². The fourth-order valence-electron chi connectivity index (χ4n) is 2.67. The first-order valence-electron chi connectivity index (χ1n) is 10.00. The molecule has 0 rings (SSSR count). The Labute approximate surface area is 153 Å². The van der Waals surface area contributed by atoms with Gasteiger partial charge in [0, 0.05) is 32.6 Å². The summed E-state index contributed by atoms with van der Waals surface area (Å²) in [6.07, 6.45) is 8.58. The molecule has 150 valence electrons. The van der Waals surface area contributed by atoms with E-state index in [2.05, 4.69) is 12.2 Å². The first-order valence-corrected chi connectivity index (χ1v) is 10.00. The van der Waals surface area contributed by atoms with E-state index in [1.807, 2.05) is 11.8 Å². The summed E-state index contributed by atoms with van der Waals surface area (Å²) in [6, 6.07) is 0. The zero-order chi connectivity index (χ0) is 18.8. The van der Waals surface area contributed by atoms with Crippen LogP contribution < -0.4 is 5.32 Å². The number of carbonyl (C=O) groups excluding carboxylic acids is 1. The highest BCUT2D eigenvalue weighted by molar-refractivity contribution is 5.75. The smallest absolute Gasteiger partial charge is 0.220 e. The average molecular weight is 361 g/mol. The van der Waals surface area contributed by atoms with Crippen molar-refractivity contribution >= 4 is 5.91 Å². The highest BCUT2D eigenvalue weighted by Crippen LogP contribution is 2.07. The molecule has 1 amide bonds. The number of hydrogen-bond donors (Lipinski definition) is 3. The maximum absolute atomic E-state index is 11.9. The van der Waals surface area contributed by atoms with E-state index >= 15 is 0 Å². The van der Waals surface area contributed by atoms with Crippen LogP contribution in [0.2, 0.25) is 0 Å². The number of aliphatic hydroxyl groups excluding tert-OH is 2. The molecule has 0 aliphatic carbocycles. The van der Waals surface area contributed by atoms with Crippen LogP contribution >= 0.6 is 0 Å². The lowest BCUT2D eigenvalue weighted by Gasteiger charge is -2.22. The summed E-state index contributed by atoms with van der Waals surface area (Å²) in [7, 11) is 0. The molecule has 0 aromatic rings. The Morgan fingerprint density at radius 2 is 1.64 bits per heavy atom. The van der Waals surface area contributed by atoms with Crippen molar-refractivity contribution in [2.45, 2.75) is 71.3 Å². The molecule has 6 nitrogen and oxygen atoms in total. The van der Waals surface area contributed by atoms with Crippen LogP contribution in [0.4, 0.5) is 0 Å². The maximum Gasteiger partial charge on any atom is 0.220 e. The van der Waals surface area contributed by atoms with E-state index in [-0.39, 0.29) is 25.2 Å². The second kappa shape index (κ2) is 18.1. The molecule has 0 aromatic heterocycles. The Morgan fingerprint density at radius 1 is 1.00 bits per heavy atom. The quantitative estimate of drug-likeness (QED) is 0.325. The van der Waals surface area contributed by atoms with E-state index in [1.54, 1.807) is 0 Å². The molecular weight excluding hydrogens is 320 g/mol. The van der Waals surface area contributed by atoms with Gasteiger partial charge in [-0.15, -0.1) is 0 Å². The molecule has 0 aromatic carbocycles. The third kappa shape index (κ3) is 15.3. The molecule has 25 heavy (non-hydrogen) atoms. The molecule has 0 radical (unpaired) electrons. The predicted molar refractivity (Wildman–Crippen MR) is 102 cm³/mol. The lowest BCUT2D eigenvalue weighted by molar-refractivity contribution is -0.121. The van der Waals surface area contributed by atoms with Crippen molar-refractivity contribution in [1.29, 1.82) is 0 Å². The van der Waals surface area contributed by atoms with E-state index in [1.165, 1.54) is 25.7 Å². The van der Waals surface area contributed by atoms with Gasteiger partial charge in [-0.2, -0.15) is 0 Å². The van der Waals surface area contributed by atoms with Gasteiger partial charge in [0.25, 0.3) is 0 Å². The third-order valence-corrected chi connectivity index (χ3v) is 4.33. The second-order valence-corrected chi connectivity index (χ2v) is 6.51. The average Bonchev–Trinajstić information content (AvgIpc) is 2.61. The van der Waals surface area contributed by atoms with E-state index in [9.17, 15) is 4.79 Å².